The molecule has 0 saturated carbocycles. The number of rotatable bonds is 3. The van der Waals surface area contributed by atoms with Crippen molar-refractivity contribution in [2.24, 2.45) is 5.92 Å². The third kappa shape index (κ3) is 3.01. The summed E-state index contributed by atoms with van der Waals surface area (Å²) in [6.45, 7) is 3.06. The highest BCUT2D eigenvalue weighted by molar-refractivity contribution is 7.15. The van der Waals surface area contributed by atoms with E-state index in [0.29, 0.717) is 12.0 Å². The summed E-state index contributed by atoms with van der Waals surface area (Å²) in [6, 6.07) is 10.5. The second kappa shape index (κ2) is 6.34. The van der Waals surface area contributed by atoms with Crippen LogP contribution in [0.2, 0.25) is 0 Å². The van der Waals surface area contributed by atoms with Crippen molar-refractivity contribution >= 4 is 16.5 Å². The molecule has 3 heterocycles. The molecule has 0 unspecified atom stereocenters. The normalized spacial score (nSPS) is 25.0. The van der Waals surface area contributed by atoms with E-state index in [1.165, 1.54) is 18.4 Å². The molecule has 4 rings (SSSR count). The molecule has 0 spiro atoms. The van der Waals surface area contributed by atoms with Crippen molar-refractivity contribution in [2.75, 3.05) is 24.6 Å². The summed E-state index contributed by atoms with van der Waals surface area (Å²) >= 11 is 1.74. The van der Waals surface area contributed by atoms with E-state index in [1.54, 1.807) is 11.3 Å². The summed E-state index contributed by atoms with van der Waals surface area (Å²) in [5.41, 5.74) is 1.30. The number of benzene rings is 1. The molecule has 0 radical (unpaired) electrons. The van der Waals surface area contributed by atoms with Crippen LogP contribution in [-0.4, -0.2) is 36.0 Å². The van der Waals surface area contributed by atoms with Crippen molar-refractivity contribution in [1.29, 1.82) is 0 Å². The monoisotopic (exact) mass is 315 g/mol. The molecule has 0 aliphatic carbocycles. The van der Waals surface area contributed by atoms with Crippen LogP contribution in [0.3, 0.4) is 0 Å². The summed E-state index contributed by atoms with van der Waals surface area (Å²) in [4.78, 5) is 2.40. The Morgan fingerprint density at radius 2 is 2.09 bits per heavy atom. The number of hydrogen-bond acceptors (Lipinski definition) is 5. The lowest BCUT2D eigenvalue weighted by molar-refractivity contribution is -0.0357. The first-order chi connectivity index (χ1) is 10.9. The fourth-order valence-electron chi connectivity index (χ4n) is 3.48. The molecular weight excluding hydrogens is 294 g/mol. The zero-order valence-electron chi connectivity index (χ0n) is 12.6. The van der Waals surface area contributed by atoms with E-state index < -0.39 is 0 Å². The lowest BCUT2D eigenvalue weighted by Crippen LogP contribution is -2.46. The number of ether oxygens (including phenoxy) is 1. The molecule has 2 aliphatic heterocycles. The Hall–Kier alpha value is -1.46. The number of aromatic nitrogens is 2. The molecule has 5 heteroatoms. The van der Waals surface area contributed by atoms with E-state index in [2.05, 4.69) is 39.4 Å². The van der Waals surface area contributed by atoms with Crippen molar-refractivity contribution in [1.82, 2.24) is 10.2 Å². The van der Waals surface area contributed by atoms with Crippen molar-refractivity contribution < 1.29 is 4.74 Å². The molecule has 1 aromatic carbocycles. The van der Waals surface area contributed by atoms with Crippen molar-refractivity contribution in [3.63, 3.8) is 0 Å². The molecular formula is C17H21N3OS. The van der Waals surface area contributed by atoms with Gasteiger partial charge in [-0.15, -0.1) is 10.2 Å². The average molecular weight is 315 g/mol. The van der Waals surface area contributed by atoms with Gasteiger partial charge >= 0.3 is 0 Å². The Kier molecular flexibility index (Phi) is 4.08. The van der Waals surface area contributed by atoms with Crippen LogP contribution in [0.1, 0.15) is 29.8 Å². The fourth-order valence-corrected chi connectivity index (χ4v) is 4.38. The second-order valence-electron chi connectivity index (χ2n) is 6.19. The molecule has 2 fully saturated rings. The Labute approximate surface area is 135 Å². The fraction of sp³-hybridized carbons (Fsp3) is 0.529. The van der Waals surface area contributed by atoms with Gasteiger partial charge in [-0.1, -0.05) is 41.7 Å². The number of hydrogen-bond donors (Lipinski definition) is 0. The SMILES string of the molecule is c1ccc(Cc2nnc(N3CC[C@@H]4OCCC[C@@H]4C3)s2)cc1. The first kappa shape index (κ1) is 14.2. The van der Waals surface area contributed by atoms with Crippen LogP contribution in [0.5, 0.6) is 0 Å². The molecule has 116 valence electrons. The molecule has 2 saturated heterocycles. The maximum Gasteiger partial charge on any atom is 0.208 e. The van der Waals surface area contributed by atoms with Gasteiger partial charge in [-0.25, -0.2) is 0 Å². The van der Waals surface area contributed by atoms with Gasteiger partial charge in [-0.05, 0) is 24.8 Å². The first-order valence-electron chi connectivity index (χ1n) is 8.11. The minimum atomic E-state index is 0.474. The first-order valence-corrected chi connectivity index (χ1v) is 8.93. The number of piperidine rings is 1. The van der Waals surface area contributed by atoms with Gasteiger partial charge in [0, 0.05) is 32.0 Å². The molecule has 2 atom stereocenters. The van der Waals surface area contributed by atoms with E-state index in [1.807, 2.05) is 6.07 Å². The van der Waals surface area contributed by atoms with Crippen LogP contribution >= 0.6 is 11.3 Å². The third-order valence-corrected chi connectivity index (χ3v) is 5.62. The van der Waals surface area contributed by atoms with Crippen LogP contribution in [0.4, 0.5) is 5.13 Å². The van der Waals surface area contributed by atoms with Gasteiger partial charge in [0.25, 0.3) is 0 Å². The van der Waals surface area contributed by atoms with E-state index in [-0.39, 0.29) is 0 Å². The Bertz CT molecular complexity index is 615. The van der Waals surface area contributed by atoms with Gasteiger partial charge in [-0.3, -0.25) is 0 Å². The molecule has 22 heavy (non-hydrogen) atoms. The highest BCUT2D eigenvalue weighted by Crippen LogP contribution is 2.32. The average Bonchev–Trinajstić information content (AvgIpc) is 3.04. The molecule has 0 bridgehead atoms. The van der Waals surface area contributed by atoms with Crippen molar-refractivity contribution in [3.8, 4) is 0 Å². The number of anilines is 1. The number of nitrogens with zero attached hydrogens (tertiary/aromatic N) is 3. The van der Waals surface area contributed by atoms with Crippen LogP contribution in [0.15, 0.2) is 30.3 Å². The molecule has 2 aliphatic rings. The second-order valence-corrected chi connectivity index (χ2v) is 7.23. The Morgan fingerprint density at radius 3 is 3.00 bits per heavy atom. The lowest BCUT2D eigenvalue weighted by Gasteiger charge is -2.40. The van der Waals surface area contributed by atoms with Gasteiger partial charge in [0.1, 0.15) is 5.01 Å². The van der Waals surface area contributed by atoms with Crippen LogP contribution in [0, 0.1) is 5.92 Å². The minimum absolute atomic E-state index is 0.474. The summed E-state index contributed by atoms with van der Waals surface area (Å²) in [5.74, 6) is 0.670. The van der Waals surface area contributed by atoms with Gasteiger partial charge < -0.3 is 9.64 Å². The zero-order chi connectivity index (χ0) is 14.8. The minimum Gasteiger partial charge on any atom is -0.378 e. The molecule has 1 aromatic heterocycles. The van der Waals surface area contributed by atoms with E-state index >= 15 is 0 Å². The topological polar surface area (TPSA) is 38.2 Å². The van der Waals surface area contributed by atoms with E-state index in [9.17, 15) is 0 Å². The molecule has 2 aromatic rings. The standard InChI is InChI=1S/C17H21N3OS/c1-2-5-13(6-3-1)11-16-18-19-17(22-16)20-9-8-15-14(12-20)7-4-10-21-15/h1-3,5-6,14-15H,4,7-12H2/t14-,15+/m1/s1. The largest absolute Gasteiger partial charge is 0.378 e. The quantitative estimate of drug-likeness (QED) is 0.872. The lowest BCUT2D eigenvalue weighted by atomic mass is 9.89. The predicted molar refractivity (Wildman–Crippen MR) is 88.5 cm³/mol. The van der Waals surface area contributed by atoms with Crippen LogP contribution in [0.25, 0.3) is 0 Å². The maximum absolute atomic E-state index is 5.89. The highest BCUT2D eigenvalue weighted by Gasteiger charge is 2.33. The van der Waals surface area contributed by atoms with E-state index in [4.69, 9.17) is 4.74 Å². The van der Waals surface area contributed by atoms with Gasteiger partial charge in [0.2, 0.25) is 5.13 Å². The van der Waals surface area contributed by atoms with Gasteiger partial charge in [0.05, 0.1) is 6.10 Å². The van der Waals surface area contributed by atoms with Crippen LogP contribution < -0.4 is 4.90 Å². The Morgan fingerprint density at radius 1 is 1.18 bits per heavy atom. The summed E-state index contributed by atoms with van der Waals surface area (Å²) in [5, 5.41) is 11.0. The summed E-state index contributed by atoms with van der Waals surface area (Å²) < 4.78 is 5.89. The molecule has 0 amide bonds. The van der Waals surface area contributed by atoms with Gasteiger partial charge in [0.15, 0.2) is 0 Å². The maximum atomic E-state index is 5.89. The zero-order valence-corrected chi connectivity index (χ0v) is 13.5. The highest BCUT2D eigenvalue weighted by atomic mass is 32.1. The van der Waals surface area contributed by atoms with Crippen molar-refractivity contribution in [2.45, 2.75) is 31.8 Å². The van der Waals surface area contributed by atoms with Crippen LogP contribution in [-0.2, 0) is 11.2 Å². The smallest absolute Gasteiger partial charge is 0.208 e. The van der Waals surface area contributed by atoms with Gasteiger partial charge in [-0.2, -0.15) is 0 Å². The summed E-state index contributed by atoms with van der Waals surface area (Å²) in [6.07, 6.45) is 4.96. The van der Waals surface area contributed by atoms with E-state index in [0.717, 1.165) is 42.7 Å². The molecule has 0 N–H and O–H groups in total. The third-order valence-electron chi connectivity index (χ3n) is 4.64. The van der Waals surface area contributed by atoms with Crippen molar-refractivity contribution in [3.05, 3.63) is 40.9 Å². The Balaban J connectivity index is 1.43. The number of fused-ring (bicyclic) bond motifs is 1. The molecule has 4 nitrogen and oxygen atoms in total. The summed E-state index contributed by atoms with van der Waals surface area (Å²) in [7, 11) is 0. The predicted octanol–water partition coefficient (Wildman–Crippen LogP) is 3.13.